The van der Waals surface area contributed by atoms with Gasteiger partial charge in [0.25, 0.3) is 0 Å². The molecule has 1 N–H and O–H groups in total. The second kappa shape index (κ2) is 8.81. The van der Waals surface area contributed by atoms with Gasteiger partial charge in [0.1, 0.15) is 11.5 Å². The van der Waals surface area contributed by atoms with Gasteiger partial charge in [-0.3, -0.25) is 9.59 Å². The Morgan fingerprint density at radius 1 is 1.20 bits per heavy atom. The molecule has 0 aliphatic heterocycles. The summed E-state index contributed by atoms with van der Waals surface area (Å²) in [5.74, 6) is -1.25. The van der Waals surface area contributed by atoms with Gasteiger partial charge in [0.2, 0.25) is 5.91 Å². The minimum Gasteiger partial charge on any atom is -0.461 e. The highest BCUT2D eigenvalue weighted by Crippen LogP contribution is 2.33. The Bertz CT molecular complexity index is 960. The Morgan fingerprint density at radius 2 is 1.83 bits per heavy atom. The summed E-state index contributed by atoms with van der Waals surface area (Å²) in [6.07, 6.45) is 1.63. The summed E-state index contributed by atoms with van der Waals surface area (Å²) >= 11 is 0. The van der Waals surface area contributed by atoms with Crippen molar-refractivity contribution in [1.29, 1.82) is 0 Å². The van der Waals surface area contributed by atoms with Crippen LogP contribution in [0.5, 0.6) is 0 Å². The SMILES string of the molecule is CCOC(=O)c1[nH]c(C)c(C(=O)[C@H](C)N(Cc2ccc(F)cc2)C(=O)C2CC2)c1C. The Hall–Kier alpha value is -2.96. The number of nitrogens with zero attached hydrogens (tertiary/aromatic N) is 1. The predicted octanol–water partition coefficient (Wildman–Crippen LogP) is 3.96. The lowest BCUT2D eigenvalue weighted by Gasteiger charge is -2.29. The first kappa shape index (κ1) is 21.7. The molecule has 0 unspecified atom stereocenters. The first-order valence-corrected chi connectivity index (χ1v) is 10.2. The van der Waals surface area contributed by atoms with Crippen LogP contribution >= 0.6 is 0 Å². The molecule has 1 aromatic carbocycles. The molecule has 1 heterocycles. The number of carbonyl (C=O) groups is 3. The van der Waals surface area contributed by atoms with Crippen LogP contribution < -0.4 is 0 Å². The Labute approximate surface area is 175 Å². The van der Waals surface area contributed by atoms with E-state index < -0.39 is 12.0 Å². The number of aryl methyl sites for hydroxylation is 1. The number of Topliss-reactive ketones (excluding diaryl/α,β-unsaturated/α-hetero) is 1. The fraction of sp³-hybridized carbons (Fsp3) is 0.435. The van der Waals surface area contributed by atoms with Crippen LogP contribution in [0.25, 0.3) is 0 Å². The van der Waals surface area contributed by atoms with E-state index in [0.29, 0.717) is 16.8 Å². The molecular weight excluding hydrogens is 387 g/mol. The van der Waals surface area contributed by atoms with Crippen molar-refractivity contribution >= 4 is 17.7 Å². The number of ketones is 1. The Kier molecular flexibility index (Phi) is 6.39. The molecule has 0 radical (unpaired) electrons. The number of halogens is 1. The number of ether oxygens (including phenoxy) is 1. The smallest absolute Gasteiger partial charge is 0.355 e. The van der Waals surface area contributed by atoms with Gasteiger partial charge in [-0.05, 0) is 63.8 Å². The monoisotopic (exact) mass is 414 g/mol. The first-order valence-electron chi connectivity index (χ1n) is 10.2. The number of nitrogens with one attached hydrogen (secondary N) is 1. The Morgan fingerprint density at radius 3 is 2.40 bits per heavy atom. The number of aromatic nitrogens is 1. The number of hydrogen-bond donors (Lipinski definition) is 1. The molecule has 1 saturated carbocycles. The van der Waals surface area contributed by atoms with E-state index in [1.54, 1.807) is 44.7 Å². The highest BCUT2D eigenvalue weighted by Gasteiger charge is 2.38. The lowest BCUT2D eigenvalue weighted by Crippen LogP contribution is -2.43. The molecule has 1 amide bonds. The van der Waals surface area contributed by atoms with Gasteiger partial charge in [-0.25, -0.2) is 9.18 Å². The van der Waals surface area contributed by atoms with Gasteiger partial charge in [0.05, 0.1) is 12.6 Å². The van der Waals surface area contributed by atoms with Crippen LogP contribution in [0.1, 0.15) is 64.4 Å². The number of esters is 1. The average molecular weight is 414 g/mol. The number of amides is 1. The van der Waals surface area contributed by atoms with Gasteiger partial charge in [-0.15, -0.1) is 0 Å². The standard InChI is InChI=1S/C23H27FN2O4/c1-5-30-23(29)20-13(2)19(14(3)25-20)21(27)15(4)26(22(28)17-8-9-17)12-16-6-10-18(24)11-7-16/h6-7,10-11,15,17,25H,5,8-9,12H2,1-4H3/t15-/m0/s1. The van der Waals surface area contributed by atoms with E-state index in [0.717, 1.165) is 18.4 Å². The fourth-order valence-electron chi connectivity index (χ4n) is 3.63. The summed E-state index contributed by atoms with van der Waals surface area (Å²) in [6.45, 7) is 7.29. The topological polar surface area (TPSA) is 79.5 Å². The third-order valence-corrected chi connectivity index (χ3v) is 5.49. The normalized spacial score (nSPS) is 14.3. The zero-order valence-corrected chi connectivity index (χ0v) is 17.8. The highest BCUT2D eigenvalue weighted by atomic mass is 19.1. The van der Waals surface area contributed by atoms with E-state index in [9.17, 15) is 18.8 Å². The molecular formula is C23H27FN2O4. The maximum atomic E-state index is 13.4. The summed E-state index contributed by atoms with van der Waals surface area (Å²) in [4.78, 5) is 43.0. The van der Waals surface area contributed by atoms with Crippen LogP contribution in [0.15, 0.2) is 24.3 Å². The lowest BCUT2D eigenvalue weighted by atomic mass is 9.99. The lowest BCUT2D eigenvalue weighted by molar-refractivity contribution is -0.134. The molecule has 1 atom stereocenters. The third-order valence-electron chi connectivity index (χ3n) is 5.49. The number of carbonyl (C=O) groups excluding carboxylic acids is 3. The predicted molar refractivity (Wildman–Crippen MR) is 110 cm³/mol. The average Bonchev–Trinajstić information content (AvgIpc) is 3.51. The molecule has 1 aliphatic rings. The quantitative estimate of drug-likeness (QED) is 0.524. The number of hydrogen-bond acceptors (Lipinski definition) is 4. The molecule has 160 valence electrons. The number of rotatable bonds is 8. The van der Waals surface area contributed by atoms with Crippen molar-refractivity contribution < 1.29 is 23.5 Å². The van der Waals surface area contributed by atoms with Crippen LogP contribution in [-0.2, 0) is 16.1 Å². The van der Waals surface area contributed by atoms with Gasteiger partial charge in [-0.2, -0.15) is 0 Å². The minimum absolute atomic E-state index is 0.0655. The van der Waals surface area contributed by atoms with Crippen LogP contribution in [0.3, 0.4) is 0 Å². The molecule has 1 fully saturated rings. The number of H-pyrrole nitrogens is 1. The molecule has 2 aromatic rings. The van der Waals surface area contributed by atoms with Crippen molar-refractivity contribution in [2.45, 2.75) is 53.1 Å². The summed E-state index contributed by atoms with van der Waals surface area (Å²) in [7, 11) is 0. The fourth-order valence-corrected chi connectivity index (χ4v) is 3.63. The maximum Gasteiger partial charge on any atom is 0.355 e. The second-order valence-electron chi connectivity index (χ2n) is 7.75. The number of benzene rings is 1. The summed E-state index contributed by atoms with van der Waals surface area (Å²) in [5, 5.41) is 0. The minimum atomic E-state index is -0.730. The zero-order chi connectivity index (χ0) is 22.0. The molecule has 1 aromatic heterocycles. The van der Waals surface area contributed by atoms with Crippen molar-refractivity contribution in [2.75, 3.05) is 6.61 Å². The molecule has 1 aliphatic carbocycles. The second-order valence-corrected chi connectivity index (χ2v) is 7.75. The zero-order valence-electron chi connectivity index (χ0n) is 17.8. The van der Waals surface area contributed by atoms with Crippen LogP contribution in [0.2, 0.25) is 0 Å². The third kappa shape index (κ3) is 4.45. The van der Waals surface area contributed by atoms with Crippen molar-refractivity contribution in [1.82, 2.24) is 9.88 Å². The van der Waals surface area contributed by atoms with Crippen molar-refractivity contribution in [3.8, 4) is 0 Å². The molecule has 0 spiro atoms. The molecule has 30 heavy (non-hydrogen) atoms. The van der Waals surface area contributed by atoms with E-state index in [4.69, 9.17) is 4.74 Å². The van der Waals surface area contributed by atoms with Crippen molar-refractivity contribution in [3.63, 3.8) is 0 Å². The van der Waals surface area contributed by atoms with Gasteiger partial charge < -0.3 is 14.6 Å². The maximum absolute atomic E-state index is 13.4. The number of aromatic amines is 1. The summed E-state index contributed by atoms with van der Waals surface area (Å²) < 4.78 is 18.3. The Balaban J connectivity index is 1.89. The molecule has 3 rings (SSSR count). The van der Waals surface area contributed by atoms with Gasteiger partial charge in [0.15, 0.2) is 5.78 Å². The van der Waals surface area contributed by atoms with E-state index in [1.165, 1.54) is 12.1 Å². The van der Waals surface area contributed by atoms with E-state index in [-0.39, 0.29) is 42.3 Å². The van der Waals surface area contributed by atoms with E-state index >= 15 is 0 Å². The molecule has 7 heteroatoms. The molecule has 0 bridgehead atoms. The van der Waals surface area contributed by atoms with Gasteiger partial charge >= 0.3 is 5.97 Å². The van der Waals surface area contributed by atoms with E-state index in [1.807, 2.05) is 0 Å². The summed E-state index contributed by atoms with van der Waals surface area (Å²) in [6, 6.07) is 5.18. The van der Waals surface area contributed by atoms with Crippen molar-refractivity contribution in [2.24, 2.45) is 5.92 Å². The van der Waals surface area contributed by atoms with Gasteiger partial charge in [0, 0.05) is 23.7 Å². The highest BCUT2D eigenvalue weighted by molar-refractivity contribution is 6.06. The van der Waals surface area contributed by atoms with Crippen LogP contribution in [0.4, 0.5) is 4.39 Å². The van der Waals surface area contributed by atoms with E-state index in [2.05, 4.69) is 4.98 Å². The van der Waals surface area contributed by atoms with Gasteiger partial charge in [-0.1, -0.05) is 12.1 Å². The summed E-state index contributed by atoms with van der Waals surface area (Å²) in [5.41, 5.74) is 2.48. The largest absolute Gasteiger partial charge is 0.461 e. The molecule has 0 saturated heterocycles. The first-order chi connectivity index (χ1) is 14.2. The van der Waals surface area contributed by atoms with Crippen LogP contribution in [-0.4, -0.2) is 40.2 Å². The van der Waals surface area contributed by atoms with Crippen LogP contribution in [0, 0.1) is 25.6 Å². The molecule has 6 nitrogen and oxygen atoms in total. The van der Waals surface area contributed by atoms with Crippen molar-refractivity contribution in [3.05, 3.63) is 58.2 Å².